The quantitative estimate of drug-likeness (QED) is 0.508. The second-order valence-corrected chi connectivity index (χ2v) is 3.56. The van der Waals surface area contributed by atoms with Gasteiger partial charge < -0.3 is 14.2 Å². The number of hydrogen-bond acceptors (Lipinski definition) is 6. The number of esters is 2. The van der Waals surface area contributed by atoms with Gasteiger partial charge in [-0.3, -0.25) is 9.69 Å². The van der Waals surface area contributed by atoms with Crippen molar-refractivity contribution in [3.8, 4) is 0 Å². The summed E-state index contributed by atoms with van der Waals surface area (Å²) in [4.78, 5) is 35.7. The van der Waals surface area contributed by atoms with Gasteiger partial charge in [-0.2, -0.15) is 0 Å². The number of hydrogen-bond donors (Lipinski definition) is 0. The molecule has 19 heavy (non-hydrogen) atoms. The molecule has 0 rings (SSSR count). The number of nitrogens with zero attached hydrogens (tertiary/aromatic N) is 1. The van der Waals surface area contributed by atoms with E-state index in [-0.39, 0.29) is 26.4 Å². The Hall–Kier alpha value is -1.79. The fourth-order valence-corrected chi connectivity index (χ4v) is 1.30. The highest BCUT2D eigenvalue weighted by Crippen LogP contribution is 2.05. The first-order valence-corrected chi connectivity index (χ1v) is 6.23. The predicted molar refractivity (Wildman–Crippen MR) is 66.5 cm³/mol. The van der Waals surface area contributed by atoms with Gasteiger partial charge in [0, 0.05) is 0 Å². The molecule has 0 radical (unpaired) electrons. The van der Waals surface area contributed by atoms with E-state index in [2.05, 4.69) is 0 Å². The first-order valence-electron chi connectivity index (χ1n) is 6.23. The molecule has 0 saturated carbocycles. The summed E-state index contributed by atoms with van der Waals surface area (Å²) in [5.74, 6) is -1.20. The molecule has 0 saturated heterocycles. The molecule has 0 aromatic rings. The Morgan fingerprint density at radius 1 is 0.947 bits per heavy atom. The standard InChI is InChI=1S/C12H21NO6/c1-5-17-10(14)8-13(12(16)19-7-3)9(4)11(15)18-6-2/h9H,5-8H2,1-4H3/t9-/m0/s1. The lowest BCUT2D eigenvalue weighted by Crippen LogP contribution is -2.47. The third-order valence-electron chi connectivity index (χ3n) is 2.20. The van der Waals surface area contributed by atoms with Gasteiger partial charge in [-0.15, -0.1) is 0 Å². The van der Waals surface area contributed by atoms with Gasteiger partial charge in [0.25, 0.3) is 0 Å². The average Bonchev–Trinajstić information content (AvgIpc) is 2.36. The summed E-state index contributed by atoms with van der Waals surface area (Å²) in [7, 11) is 0. The van der Waals surface area contributed by atoms with E-state index < -0.39 is 24.1 Å². The Morgan fingerprint density at radius 2 is 1.47 bits per heavy atom. The van der Waals surface area contributed by atoms with Crippen molar-refractivity contribution in [1.29, 1.82) is 0 Å². The zero-order valence-electron chi connectivity index (χ0n) is 11.8. The van der Waals surface area contributed by atoms with Crippen molar-refractivity contribution in [1.82, 2.24) is 4.90 Å². The van der Waals surface area contributed by atoms with Crippen LogP contribution < -0.4 is 0 Å². The fraction of sp³-hybridized carbons (Fsp3) is 0.750. The van der Waals surface area contributed by atoms with Gasteiger partial charge in [0.05, 0.1) is 19.8 Å². The number of ether oxygens (including phenoxy) is 3. The summed E-state index contributed by atoms with van der Waals surface area (Å²) in [6.07, 6.45) is -0.754. The van der Waals surface area contributed by atoms with E-state index in [1.165, 1.54) is 6.92 Å². The highest BCUT2D eigenvalue weighted by molar-refractivity contribution is 5.84. The number of carbonyl (C=O) groups is 3. The minimum atomic E-state index is -0.914. The average molecular weight is 275 g/mol. The second-order valence-electron chi connectivity index (χ2n) is 3.56. The van der Waals surface area contributed by atoms with Crippen LogP contribution in [0.3, 0.4) is 0 Å². The molecule has 7 nitrogen and oxygen atoms in total. The van der Waals surface area contributed by atoms with Crippen molar-refractivity contribution in [2.75, 3.05) is 26.4 Å². The highest BCUT2D eigenvalue weighted by atomic mass is 16.6. The molecule has 0 spiro atoms. The van der Waals surface area contributed by atoms with Crippen LogP contribution in [0.4, 0.5) is 4.79 Å². The molecule has 0 bridgehead atoms. The van der Waals surface area contributed by atoms with Gasteiger partial charge in [0.1, 0.15) is 12.6 Å². The first kappa shape index (κ1) is 17.2. The molecule has 1 atom stereocenters. The lowest BCUT2D eigenvalue weighted by atomic mass is 10.3. The van der Waals surface area contributed by atoms with Gasteiger partial charge in [-0.1, -0.05) is 0 Å². The van der Waals surface area contributed by atoms with Crippen LogP contribution in [0, 0.1) is 0 Å². The van der Waals surface area contributed by atoms with Crippen LogP contribution in [0.15, 0.2) is 0 Å². The van der Waals surface area contributed by atoms with Crippen LogP contribution in [0.5, 0.6) is 0 Å². The Bertz CT molecular complexity index is 317. The summed E-state index contributed by atoms with van der Waals surface area (Å²) in [5, 5.41) is 0. The predicted octanol–water partition coefficient (Wildman–Crippen LogP) is 0.960. The summed E-state index contributed by atoms with van der Waals surface area (Å²) >= 11 is 0. The molecule has 110 valence electrons. The normalized spacial score (nSPS) is 11.4. The van der Waals surface area contributed by atoms with Crippen LogP contribution in [0.1, 0.15) is 27.7 Å². The third-order valence-corrected chi connectivity index (χ3v) is 2.20. The van der Waals surface area contributed by atoms with Gasteiger partial charge in [-0.25, -0.2) is 9.59 Å². The third kappa shape index (κ3) is 6.08. The highest BCUT2D eigenvalue weighted by Gasteiger charge is 2.30. The van der Waals surface area contributed by atoms with E-state index in [9.17, 15) is 14.4 Å². The number of carbonyl (C=O) groups excluding carboxylic acids is 3. The molecule has 0 aromatic carbocycles. The first-order chi connectivity index (χ1) is 8.97. The lowest BCUT2D eigenvalue weighted by molar-refractivity contribution is -0.151. The Balaban J connectivity index is 4.79. The molecule has 0 aliphatic carbocycles. The van der Waals surface area contributed by atoms with Crippen LogP contribution >= 0.6 is 0 Å². The van der Waals surface area contributed by atoms with Crippen LogP contribution in [0.2, 0.25) is 0 Å². The van der Waals surface area contributed by atoms with Crippen molar-refractivity contribution in [2.45, 2.75) is 33.7 Å². The molecule has 0 heterocycles. The number of amides is 1. The summed E-state index contributed by atoms with van der Waals surface area (Å²) in [6, 6.07) is -0.914. The Labute approximate surface area is 112 Å². The Morgan fingerprint density at radius 3 is 1.95 bits per heavy atom. The van der Waals surface area contributed by atoms with E-state index in [4.69, 9.17) is 14.2 Å². The second kappa shape index (κ2) is 9.18. The number of rotatable bonds is 7. The zero-order valence-corrected chi connectivity index (χ0v) is 11.8. The van der Waals surface area contributed by atoms with Crippen molar-refractivity contribution in [3.05, 3.63) is 0 Å². The van der Waals surface area contributed by atoms with Gasteiger partial charge in [0.15, 0.2) is 0 Å². The molecule has 7 heteroatoms. The van der Waals surface area contributed by atoms with E-state index in [1.807, 2.05) is 0 Å². The monoisotopic (exact) mass is 275 g/mol. The van der Waals surface area contributed by atoms with Gasteiger partial charge in [0.2, 0.25) is 0 Å². The SMILES string of the molecule is CCOC(=O)CN(C(=O)OCC)[C@@H](C)C(=O)OCC. The lowest BCUT2D eigenvalue weighted by Gasteiger charge is -2.25. The summed E-state index contributed by atoms with van der Waals surface area (Å²) in [5.41, 5.74) is 0. The van der Waals surface area contributed by atoms with Crippen molar-refractivity contribution >= 4 is 18.0 Å². The molecular formula is C12H21NO6. The van der Waals surface area contributed by atoms with Crippen molar-refractivity contribution in [3.63, 3.8) is 0 Å². The van der Waals surface area contributed by atoms with E-state index >= 15 is 0 Å². The maximum atomic E-state index is 11.7. The van der Waals surface area contributed by atoms with E-state index in [1.54, 1.807) is 20.8 Å². The maximum Gasteiger partial charge on any atom is 0.411 e. The molecule has 0 aliphatic heterocycles. The van der Waals surface area contributed by atoms with Gasteiger partial charge in [-0.05, 0) is 27.7 Å². The van der Waals surface area contributed by atoms with E-state index in [0.717, 1.165) is 4.90 Å². The minimum absolute atomic E-state index is 0.147. The molecule has 0 aromatic heterocycles. The smallest absolute Gasteiger partial charge is 0.411 e. The maximum absolute atomic E-state index is 11.7. The molecular weight excluding hydrogens is 254 g/mol. The summed E-state index contributed by atoms with van der Waals surface area (Å²) in [6.45, 7) is 6.60. The minimum Gasteiger partial charge on any atom is -0.465 e. The molecule has 0 N–H and O–H groups in total. The van der Waals surface area contributed by atoms with Crippen LogP contribution in [-0.2, 0) is 23.8 Å². The van der Waals surface area contributed by atoms with Crippen molar-refractivity contribution in [2.24, 2.45) is 0 Å². The van der Waals surface area contributed by atoms with E-state index in [0.29, 0.717) is 0 Å². The fourth-order valence-electron chi connectivity index (χ4n) is 1.30. The largest absolute Gasteiger partial charge is 0.465 e. The molecule has 0 aliphatic rings. The Kier molecular flexibility index (Phi) is 8.32. The van der Waals surface area contributed by atoms with Crippen LogP contribution in [-0.4, -0.2) is 55.3 Å². The van der Waals surface area contributed by atoms with Crippen LogP contribution in [0.25, 0.3) is 0 Å². The molecule has 0 fully saturated rings. The topological polar surface area (TPSA) is 82.1 Å². The van der Waals surface area contributed by atoms with Gasteiger partial charge >= 0.3 is 18.0 Å². The molecule has 1 amide bonds. The zero-order chi connectivity index (χ0) is 14.8. The summed E-state index contributed by atoms with van der Waals surface area (Å²) < 4.78 is 14.4. The van der Waals surface area contributed by atoms with Crippen molar-refractivity contribution < 1.29 is 28.6 Å². The molecule has 0 unspecified atom stereocenters.